The van der Waals surface area contributed by atoms with Gasteiger partial charge in [-0.25, -0.2) is 0 Å². The Balaban J connectivity index is -0.0000000450. The van der Waals surface area contributed by atoms with Gasteiger partial charge in [0.2, 0.25) is 0 Å². The van der Waals surface area contributed by atoms with Gasteiger partial charge < -0.3 is 0 Å². The van der Waals surface area contributed by atoms with Gasteiger partial charge in [0.05, 0.1) is 0 Å². The molecule has 30 valence electrons. The van der Waals surface area contributed by atoms with Crippen LogP contribution in [0.15, 0.2) is 0 Å². The topological polar surface area (TPSA) is 57.5 Å². The van der Waals surface area contributed by atoms with Crippen LogP contribution in [0.2, 0.25) is 0 Å². The van der Waals surface area contributed by atoms with Crippen LogP contribution in [-0.2, 0) is 49.9 Å². The van der Waals surface area contributed by atoms with Gasteiger partial charge in [-0.3, -0.25) is 0 Å². The van der Waals surface area contributed by atoms with Gasteiger partial charge in [0, 0.05) is 46.8 Å². The number of hydrogen-bond donors (Lipinski definition) is 2. The van der Waals surface area contributed by atoms with Crippen LogP contribution in [-0.4, -0.2) is 27.3 Å². The Kier molecular flexibility index (Phi) is 26.5. The molecule has 0 aliphatic rings. The van der Waals surface area contributed by atoms with E-state index in [4.69, 9.17) is 10.0 Å². The Labute approximate surface area is 76.1 Å². The van der Waals surface area contributed by atoms with Crippen molar-refractivity contribution in [3.63, 3.8) is 0 Å². The Morgan fingerprint density at radius 1 is 1.33 bits per heavy atom. The second-order valence-electron chi connectivity index (χ2n) is 0.231. The molecule has 0 spiro atoms. The molecule has 0 aromatic heterocycles. The third-order valence-electron chi connectivity index (χ3n) is 0. The van der Waals surface area contributed by atoms with Crippen molar-refractivity contribution < 1.29 is 56.8 Å². The van der Waals surface area contributed by atoms with E-state index in [0.717, 1.165) is 0 Å². The summed E-state index contributed by atoms with van der Waals surface area (Å²) in [5.74, 6) is 0. The summed E-state index contributed by atoms with van der Waals surface area (Å²) >= 11 is -3.61. The van der Waals surface area contributed by atoms with E-state index in [0.29, 0.717) is 0 Å². The van der Waals surface area contributed by atoms with E-state index in [2.05, 4.69) is 0 Å². The quantitative estimate of drug-likeness (QED) is 0.514. The molecule has 6 heteroatoms. The SMILES string of the molecule is O=[Te](O)O.[Cd].[Zn]. The maximum Gasteiger partial charge on any atom is 0 e. The molecule has 0 unspecified atom stereocenters. The number of hydrogen-bond acceptors (Lipinski definition) is 1. The van der Waals surface area contributed by atoms with Crippen molar-refractivity contribution in [3.05, 3.63) is 0 Å². The molecule has 3 nitrogen and oxygen atoms in total. The third-order valence-corrected chi connectivity index (χ3v) is 0. The van der Waals surface area contributed by atoms with Gasteiger partial charge in [-0.1, -0.05) is 0 Å². The van der Waals surface area contributed by atoms with E-state index in [9.17, 15) is 0 Å². The van der Waals surface area contributed by atoms with E-state index >= 15 is 0 Å². The van der Waals surface area contributed by atoms with Gasteiger partial charge in [0.15, 0.2) is 0 Å². The van der Waals surface area contributed by atoms with Crippen LogP contribution in [0.1, 0.15) is 0 Å². The summed E-state index contributed by atoms with van der Waals surface area (Å²) < 4.78 is 23.3. The standard InChI is InChI=1S/Cd.H2O3Te.Zn/c;1-4(2)3;/h;(H2,1,2,3);. The van der Waals surface area contributed by atoms with Crippen LogP contribution in [0.3, 0.4) is 0 Å². The van der Waals surface area contributed by atoms with Gasteiger partial charge in [0.25, 0.3) is 0 Å². The maximum absolute atomic E-state index is 8.81. The average molecular weight is 355 g/mol. The smallest absolute Gasteiger partial charge is 0 e. The molecule has 0 atom stereocenters. The zero-order valence-electron chi connectivity index (χ0n) is 3.13. The summed E-state index contributed by atoms with van der Waals surface area (Å²) in [6.07, 6.45) is 0. The van der Waals surface area contributed by atoms with Gasteiger partial charge in [-0.15, -0.1) is 0 Å². The van der Waals surface area contributed by atoms with Crippen molar-refractivity contribution in [1.29, 1.82) is 0 Å². The molecule has 2 N–H and O–H groups in total. The fourth-order valence-corrected chi connectivity index (χ4v) is 0. The minimum absolute atomic E-state index is 0. The minimum Gasteiger partial charge on any atom is 0 e. The molecule has 0 bridgehead atoms. The monoisotopic (exact) mass is 358 g/mol. The van der Waals surface area contributed by atoms with Crippen molar-refractivity contribution in [2.75, 3.05) is 0 Å². The second kappa shape index (κ2) is 10.1. The molecule has 0 saturated heterocycles. The second-order valence-corrected chi connectivity index (χ2v) is 1.55. The molecule has 0 aromatic rings. The predicted octanol–water partition coefficient (Wildman–Crippen LogP) is -1.62. The molecule has 0 fully saturated rings. The van der Waals surface area contributed by atoms with Crippen LogP contribution in [0.5, 0.6) is 0 Å². The van der Waals surface area contributed by atoms with Crippen molar-refractivity contribution >= 4 is 20.4 Å². The Morgan fingerprint density at radius 2 is 1.33 bits per heavy atom. The molecular weight excluding hydrogens is 353 g/mol. The van der Waals surface area contributed by atoms with Crippen LogP contribution in [0, 0.1) is 0 Å². The van der Waals surface area contributed by atoms with Crippen LogP contribution in [0.25, 0.3) is 0 Å². The summed E-state index contributed by atoms with van der Waals surface area (Å²) in [6, 6.07) is 0. The Morgan fingerprint density at radius 3 is 1.33 bits per heavy atom. The van der Waals surface area contributed by atoms with E-state index in [1.54, 1.807) is 0 Å². The van der Waals surface area contributed by atoms with E-state index in [1.807, 2.05) is 0 Å². The number of rotatable bonds is 0. The first-order valence-corrected chi connectivity index (χ1v) is 3.57. The molecule has 0 aliphatic carbocycles. The Bertz CT molecular complexity index is 33.8. The first kappa shape index (κ1) is 15.7. The summed E-state index contributed by atoms with van der Waals surface area (Å²) in [6.45, 7) is 0. The zero-order valence-corrected chi connectivity index (χ0v) is 12.5. The van der Waals surface area contributed by atoms with Crippen LogP contribution >= 0.6 is 0 Å². The summed E-state index contributed by atoms with van der Waals surface area (Å²) in [7, 11) is 0. The summed E-state index contributed by atoms with van der Waals surface area (Å²) in [5.41, 5.74) is 0. The van der Waals surface area contributed by atoms with Crippen molar-refractivity contribution in [2.45, 2.75) is 0 Å². The van der Waals surface area contributed by atoms with Crippen molar-refractivity contribution in [1.82, 2.24) is 0 Å². The zero-order chi connectivity index (χ0) is 3.58. The molecule has 0 aromatic carbocycles. The maximum atomic E-state index is 8.81. The summed E-state index contributed by atoms with van der Waals surface area (Å²) in [5, 5.41) is 0. The molecule has 0 rings (SSSR count). The van der Waals surface area contributed by atoms with Crippen LogP contribution in [0.4, 0.5) is 0 Å². The van der Waals surface area contributed by atoms with E-state index < -0.39 is 20.4 Å². The fraction of sp³-hybridized carbons (Fsp3) is 0. The Hall–Kier alpha value is 2.06. The molecule has 0 radical (unpaired) electrons. The molecule has 0 aliphatic heterocycles. The van der Waals surface area contributed by atoms with Gasteiger partial charge >= 0.3 is 30.4 Å². The van der Waals surface area contributed by atoms with E-state index in [-0.39, 0.29) is 46.8 Å². The molecular formula is H2CdO3TeZn. The predicted molar refractivity (Wildman–Crippen MR) is 10.9 cm³/mol. The van der Waals surface area contributed by atoms with Crippen LogP contribution < -0.4 is 0 Å². The molecule has 0 amide bonds. The molecule has 6 heavy (non-hydrogen) atoms. The molecule has 0 saturated carbocycles. The minimum atomic E-state index is -3.61. The van der Waals surface area contributed by atoms with Gasteiger partial charge in [0.1, 0.15) is 0 Å². The normalized spacial score (nSPS) is 5.83. The van der Waals surface area contributed by atoms with Gasteiger partial charge in [-0.2, -0.15) is 0 Å². The largest absolute Gasteiger partial charge is 0 e. The third kappa shape index (κ3) is 36.6. The summed E-state index contributed by atoms with van der Waals surface area (Å²) in [4.78, 5) is 0. The van der Waals surface area contributed by atoms with E-state index in [1.165, 1.54) is 0 Å². The molecule has 0 heterocycles. The van der Waals surface area contributed by atoms with Crippen molar-refractivity contribution in [2.24, 2.45) is 0 Å². The first-order chi connectivity index (χ1) is 1.73. The van der Waals surface area contributed by atoms with Gasteiger partial charge in [-0.05, 0) is 0 Å². The van der Waals surface area contributed by atoms with Crippen molar-refractivity contribution in [3.8, 4) is 0 Å². The fourth-order valence-electron chi connectivity index (χ4n) is 0. The first-order valence-electron chi connectivity index (χ1n) is 0.532. The average Bonchev–Trinajstić information content (AvgIpc) is 0.811.